The molecule has 2 aromatic rings. The Bertz CT molecular complexity index is 1160. The number of hydrogen-bond donors (Lipinski definition) is 0. The van der Waals surface area contributed by atoms with Gasteiger partial charge in [-0.15, -0.1) is 0 Å². The molecule has 0 N–H and O–H groups in total. The maximum Gasteiger partial charge on any atom is 0.341 e. The maximum atomic E-state index is 13.0. The first-order chi connectivity index (χ1) is 13.6. The summed E-state index contributed by atoms with van der Waals surface area (Å²) in [5.74, 6) is 0.111. The molecule has 0 fully saturated rings. The zero-order valence-corrected chi connectivity index (χ0v) is 15.3. The number of hydrogen-bond acceptors (Lipinski definition) is 5. The number of benzene rings is 2. The van der Waals surface area contributed by atoms with Crippen LogP contribution in [0.1, 0.15) is 10.4 Å². The minimum atomic E-state index is -0.560. The SMILES string of the molecule is COC(=O)c1cn(-c2ccccc2)cc2c(=O)n(-c3ccc(OC)cc3)nc1-2. The highest BCUT2D eigenvalue weighted by atomic mass is 16.5. The van der Waals surface area contributed by atoms with Crippen LogP contribution in [0.2, 0.25) is 0 Å². The topological polar surface area (TPSA) is 75.3 Å². The van der Waals surface area contributed by atoms with Crippen LogP contribution in [-0.2, 0) is 4.74 Å². The van der Waals surface area contributed by atoms with E-state index in [9.17, 15) is 9.59 Å². The molecule has 2 aliphatic heterocycles. The molecule has 0 saturated heterocycles. The molecule has 28 heavy (non-hydrogen) atoms. The van der Waals surface area contributed by atoms with E-state index in [1.54, 1.807) is 48.3 Å². The lowest BCUT2D eigenvalue weighted by atomic mass is 10.1. The second-order valence-corrected chi connectivity index (χ2v) is 6.08. The Morgan fingerprint density at radius 3 is 2.29 bits per heavy atom. The first-order valence-electron chi connectivity index (χ1n) is 8.55. The molecule has 7 nitrogen and oxygen atoms in total. The van der Waals surface area contributed by atoms with Crippen LogP contribution in [-0.4, -0.2) is 34.5 Å². The number of ether oxygens (including phenoxy) is 2. The summed E-state index contributed by atoms with van der Waals surface area (Å²) < 4.78 is 13.0. The van der Waals surface area contributed by atoms with E-state index in [0.717, 1.165) is 5.69 Å². The molecule has 7 heteroatoms. The van der Waals surface area contributed by atoms with Crippen molar-refractivity contribution in [1.29, 1.82) is 0 Å². The first-order valence-corrected chi connectivity index (χ1v) is 8.55. The fourth-order valence-electron chi connectivity index (χ4n) is 3.01. The summed E-state index contributed by atoms with van der Waals surface area (Å²) in [7, 11) is 2.87. The quantitative estimate of drug-likeness (QED) is 0.513. The third kappa shape index (κ3) is 2.92. The summed E-state index contributed by atoms with van der Waals surface area (Å²) in [6.45, 7) is 0. The third-order valence-corrected chi connectivity index (χ3v) is 4.45. The van der Waals surface area contributed by atoms with Gasteiger partial charge < -0.3 is 14.0 Å². The van der Waals surface area contributed by atoms with Crippen molar-refractivity contribution in [2.45, 2.75) is 0 Å². The Hall–Kier alpha value is -3.87. The molecule has 0 bridgehead atoms. The summed E-state index contributed by atoms with van der Waals surface area (Å²) in [5.41, 5.74) is 1.89. The number of fused-ring (bicyclic) bond motifs is 1. The molecule has 0 unspecified atom stereocenters. The van der Waals surface area contributed by atoms with Crippen LogP contribution in [0.15, 0.2) is 71.8 Å². The summed E-state index contributed by atoms with van der Waals surface area (Å²) in [6, 6.07) is 16.4. The van der Waals surface area contributed by atoms with Crippen molar-refractivity contribution in [3.05, 3.63) is 82.9 Å². The molecule has 0 amide bonds. The van der Waals surface area contributed by atoms with Gasteiger partial charge >= 0.3 is 5.97 Å². The third-order valence-electron chi connectivity index (χ3n) is 4.45. The van der Waals surface area contributed by atoms with Crippen LogP contribution in [0, 0.1) is 0 Å². The van der Waals surface area contributed by atoms with Gasteiger partial charge in [-0.25, -0.2) is 4.79 Å². The molecule has 0 saturated carbocycles. The normalized spacial score (nSPS) is 10.8. The molecule has 2 aliphatic rings. The van der Waals surface area contributed by atoms with Gasteiger partial charge in [0.25, 0.3) is 5.56 Å². The van der Waals surface area contributed by atoms with Gasteiger partial charge in [0.1, 0.15) is 17.0 Å². The van der Waals surface area contributed by atoms with Crippen LogP contribution < -0.4 is 10.3 Å². The summed E-state index contributed by atoms with van der Waals surface area (Å²) >= 11 is 0. The van der Waals surface area contributed by atoms with Crippen molar-refractivity contribution in [1.82, 2.24) is 14.3 Å². The smallest absolute Gasteiger partial charge is 0.341 e. The summed E-state index contributed by atoms with van der Waals surface area (Å²) in [5, 5.41) is 4.39. The van der Waals surface area contributed by atoms with Crippen molar-refractivity contribution in [3.8, 4) is 28.4 Å². The van der Waals surface area contributed by atoms with Crippen molar-refractivity contribution >= 4 is 5.97 Å². The predicted octanol–water partition coefficient (Wildman–Crippen LogP) is 2.92. The zero-order valence-electron chi connectivity index (χ0n) is 15.3. The summed E-state index contributed by atoms with van der Waals surface area (Å²) in [4.78, 5) is 25.4. The molecule has 2 aromatic carbocycles. The number of aromatic nitrogens is 3. The number of rotatable bonds is 4. The van der Waals surface area contributed by atoms with E-state index in [0.29, 0.717) is 22.7 Å². The Morgan fingerprint density at radius 1 is 0.929 bits per heavy atom. The van der Waals surface area contributed by atoms with Gasteiger partial charge in [0.2, 0.25) is 0 Å². The van der Waals surface area contributed by atoms with Crippen molar-refractivity contribution < 1.29 is 14.3 Å². The van der Waals surface area contributed by atoms with E-state index >= 15 is 0 Å². The molecule has 4 rings (SSSR count). The maximum absolute atomic E-state index is 13.0. The number of esters is 1. The predicted molar refractivity (Wildman–Crippen MR) is 104 cm³/mol. The minimum absolute atomic E-state index is 0.216. The van der Waals surface area contributed by atoms with Crippen LogP contribution in [0.4, 0.5) is 0 Å². The first kappa shape index (κ1) is 17.5. The number of nitrogens with zero attached hydrogens (tertiary/aromatic N) is 3. The van der Waals surface area contributed by atoms with E-state index in [4.69, 9.17) is 9.47 Å². The molecule has 140 valence electrons. The summed E-state index contributed by atoms with van der Waals surface area (Å²) in [6.07, 6.45) is 3.29. The molecule has 0 aromatic heterocycles. The second kappa shape index (κ2) is 7.03. The van der Waals surface area contributed by atoms with Crippen LogP contribution in [0.3, 0.4) is 0 Å². The van der Waals surface area contributed by atoms with Gasteiger partial charge in [-0.3, -0.25) is 4.79 Å². The Kier molecular flexibility index (Phi) is 4.41. The van der Waals surface area contributed by atoms with Gasteiger partial charge in [-0.1, -0.05) is 18.2 Å². The average molecular weight is 375 g/mol. The van der Waals surface area contributed by atoms with Gasteiger partial charge in [0, 0.05) is 18.1 Å². The van der Waals surface area contributed by atoms with Gasteiger partial charge in [-0.05, 0) is 36.4 Å². The standard InChI is InChI=1S/C21H17N3O4/c1-27-16-10-8-15(9-11-16)24-20(25)17-12-23(14-6-4-3-5-7-14)13-18(19(17)22-24)21(26)28-2/h3-13H,1-2H3. The Morgan fingerprint density at radius 2 is 1.64 bits per heavy atom. The van der Waals surface area contributed by atoms with Crippen molar-refractivity contribution in [3.63, 3.8) is 0 Å². The lowest BCUT2D eigenvalue weighted by molar-refractivity contribution is 0.0600. The number of carbonyl (C=O) groups excluding carboxylic acids is 1. The number of methoxy groups -OCH3 is 2. The van der Waals surface area contributed by atoms with E-state index in [1.165, 1.54) is 11.8 Å². The number of pyridine rings is 1. The fourth-order valence-corrected chi connectivity index (χ4v) is 3.01. The molecule has 0 radical (unpaired) electrons. The van der Waals surface area contributed by atoms with E-state index in [1.807, 2.05) is 30.3 Å². The molecular formula is C21H17N3O4. The number of para-hydroxylation sites is 1. The molecular weight excluding hydrogens is 358 g/mol. The molecule has 0 atom stereocenters. The highest BCUT2D eigenvalue weighted by Gasteiger charge is 2.25. The van der Waals surface area contributed by atoms with Crippen LogP contribution >= 0.6 is 0 Å². The Balaban J connectivity index is 1.95. The molecule has 0 spiro atoms. The van der Waals surface area contributed by atoms with Crippen molar-refractivity contribution in [2.24, 2.45) is 0 Å². The van der Waals surface area contributed by atoms with Gasteiger partial charge in [0.15, 0.2) is 0 Å². The van der Waals surface area contributed by atoms with Gasteiger partial charge in [0.05, 0.1) is 25.5 Å². The van der Waals surface area contributed by atoms with Crippen molar-refractivity contribution in [2.75, 3.05) is 14.2 Å². The monoisotopic (exact) mass is 375 g/mol. The van der Waals surface area contributed by atoms with Gasteiger partial charge in [-0.2, -0.15) is 9.78 Å². The van der Waals surface area contributed by atoms with E-state index in [-0.39, 0.29) is 11.1 Å². The fraction of sp³-hybridized carbons (Fsp3) is 0.0952. The minimum Gasteiger partial charge on any atom is -0.497 e. The average Bonchev–Trinajstić information content (AvgIpc) is 3.09. The molecule has 0 aliphatic carbocycles. The lowest BCUT2D eigenvalue weighted by Gasteiger charge is -2.11. The molecule has 2 heterocycles. The largest absolute Gasteiger partial charge is 0.497 e. The zero-order chi connectivity index (χ0) is 19.7. The highest BCUT2D eigenvalue weighted by Crippen LogP contribution is 2.25. The van der Waals surface area contributed by atoms with Crippen LogP contribution in [0.25, 0.3) is 22.6 Å². The second-order valence-electron chi connectivity index (χ2n) is 6.08. The highest BCUT2D eigenvalue weighted by molar-refractivity contribution is 5.96. The van der Waals surface area contributed by atoms with Crippen LogP contribution in [0.5, 0.6) is 5.75 Å². The van der Waals surface area contributed by atoms with E-state index in [2.05, 4.69) is 5.10 Å². The van der Waals surface area contributed by atoms with E-state index < -0.39 is 5.97 Å². The Labute approximate surface area is 160 Å². The lowest BCUT2D eigenvalue weighted by Crippen LogP contribution is -2.15. The number of carbonyl (C=O) groups is 1.